The fourth-order valence-electron chi connectivity index (χ4n) is 10.4. The van der Waals surface area contributed by atoms with E-state index in [1.165, 1.54) is 148 Å². The molecule has 9 nitrogen and oxygen atoms in total. The van der Waals surface area contributed by atoms with Crippen LogP contribution in [0.15, 0.2) is 0 Å². The van der Waals surface area contributed by atoms with Gasteiger partial charge in [0, 0.05) is 59.3 Å². The number of ether oxygens (including phenoxy) is 1. The summed E-state index contributed by atoms with van der Waals surface area (Å²) in [5.41, 5.74) is 5.69. The second kappa shape index (κ2) is 63.3. The maximum absolute atomic E-state index is 8.56. The van der Waals surface area contributed by atoms with Crippen LogP contribution in [0.25, 0.3) is 4.85 Å². The van der Waals surface area contributed by atoms with E-state index in [0.717, 1.165) is 64.2 Å². The zero-order chi connectivity index (χ0) is 87.9. The monoisotopic (exact) mass is 1540 g/mol. The average molecular weight is 1540 g/mol. The van der Waals surface area contributed by atoms with Crippen molar-refractivity contribution < 1.29 is 9.84 Å². The Morgan fingerprint density at radius 3 is 0.778 bits per heavy atom. The predicted octanol–water partition coefficient (Wildman–Crippen LogP) is 29.8. The number of hydrogen-bond acceptors (Lipinski definition) is 8. The molecule has 4 rings (SSSR count). The van der Waals surface area contributed by atoms with Gasteiger partial charge in [-0.2, -0.15) is 0 Å². The Hall–Kier alpha value is -0.830. The Morgan fingerprint density at radius 2 is 0.685 bits per heavy atom. The summed E-state index contributed by atoms with van der Waals surface area (Å²) in [4.78, 5) is 17.5. The van der Waals surface area contributed by atoms with Crippen LogP contribution < -0.4 is 0 Å². The summed E-state index contributed by atoms with van der Waals surface area (Å²) in [6.45, 7) is 126. The van der Waals surface area contributed by atoms with E-state index in [1.807, 2.05) is 7.05 Å². The van der Waals surface area contributed by atoms with Gasteiger partial charge in [0.05, 0.1) is 19.8 Å². The summed E-state index contributed by atoms with van der Waals surface area (Å²) in [6.07, 6.45) is 27.2. The fourth-order valence-corrected chi connectivity index (χ4v) is 10.4. The molecule has 4 fully saturated rings. The summed E-state index contributed by atoms with van der Waals surface area (Å²) >= 11 is 0. The molecule has 3 aliphatic heterocycles. The number of nitrogens with zero attached hydrogens (tertiary/aromatic N) is 7. The SMILES string of the molecule is CC(C)(C)CC1CC1.CC(C)(C)N1CCC1.CC(C)(C)N1CCCC1.CC(C)(C)N1CCOCC1.CC(C)CCC(C)(C)C.CCCC(C)(C)C.CCCCC(C)(C)C.CCCCC(C)(C)C.CCCCC(C)(C)C.CCN(CC)C(C)(C)C.CN(C)C(C)(C)C.CN(CCO)C(C)(C)C.[C-]#[N+]CCC(C)(C)C. The second-order valence-electron chi connectivity index (χ2n) is 47.1. The molecular weight excluding hydrogens is 1320 g/mol. The van der Waals surface area contributed by atoms with Crippen LogP contribution in [-0.2, 0) is 4.74 Å². The third-order valence-corrected chi connectivity index (χ3v) is 19.3. The number of rotatable bonds is 15. The normalized spacial score (nSPS) is 15.6. The van der Waals surface area contributed by atoms with Crippen molar-refractivity contribution in [3.63, 3.8) is 0 Å². The van der Waals surface area contributed by atoms with E-state index in [1.54, 1.807) is 0 Å². The number of aliphatic hydroxyl groups excluding tert-OH is 1. The summed E-state index contributed by atoms with van der Waals surface area (Å²) in [7, 11) is 6.18. The van der Waals surface area contributed by atoms with Gasteiger partial charge in [0.2, 0.25) is 6.54 Å². The molecule has 1 saturated carbocycles. The Balaban J connectivity index is -0.000000141. The van der Waals surface area contributed by atoms with Crippen LogP contribution in [0.4, 0.5) is 0 Å². The number of hydrogen-bond donors (Lipinski definition) is 1. The number of unbranched alkanes of at least 4 members (excludes halogenated alkanes) is 3. The van der Waals surface area contributed by atoms with E-state index < -0.39 is 0 Å². The topological polar surface area (TPSA) is 53.3 Å². The van der Waals surface area contributed by atoms with Gasteiger partial charge >= 0.3 is 0 Å². The third kappa shape index (κ3) is 111. The number of β-amino-alcohol motifs (C(OH)–C–C–N with tert-alkyl or cyclic N) is 1. The van der Waals surface area contributed by atoms with E-state index in [2.05, 4.69) is 374 Å². The molecule has 0 aromatic heterocycles. The highest BCUT2D eigenvalue weighted by molar-refractivity contribution is 4.83. The Morgan fingerprint density at radius 1 is 0.389 bits per heavy atom. The van der Waals surface area contributed by atoms with Gasteiger partial charge in [0.25, 0.3) is 0 Å². The molecule has 0 aromatic rings. The molecule has 0 aromatic carbocycles. The number of morpholine rings is 1. The molecule has 108 heavy (non-hydrogen) atoms. The zero-order valence-corrected chi connectivity index (χ0v) is 85.5. The van der Waals surface area contributed by atoms with E-state index in [4.69, 9.17) is 16.4 Å². The maximum Gasteiger partial charge on any atom is 0.215 e. The highest BCUT2D eigenvalue weighted by Gasteiger charge is 2.28. The first kappa shape index (κ1) is 125. The summed E-state index contributed by atoms with van der Waals surface area (Å²) in [5, 5.41) is 8.56. The summed E-state index contributed by atoms with van der Waals surface area (Å²) in [5.74, 6) is 1.96. The molecule has 3 heterocycles. The van der Waals surface area contributed by atoms with E-state index >= 15 is 0 Å². The van der Waals surface area contributed by atoms with Gasteiger partial charge in [-0.25, -0.2) is 6.57 Å². The predicted molar refractivity (Wildman–Crippen MR) is 501 cm³/mol. The molecule has 0 unspecified atom stereocenters. The van der Waals surface area contributed by atoms with Crippen molar-refractivity contribution in [2.75, 3.05) is 106 Å². The molecule has 3 saturated heterocycles. The average Bonchev–Trinajstić information content (AvgIpc) is 1.27. The largest absolute Gasteiger partial charge is 0.395 e. The van der Waals surface area contributed by atoms with Crippen LogP contribution >= 0.6 is 0 Å². The van der Waals surface area contributed by atoms with Gasteiger partial charge in [-0.1, -0.05) is 265 Å². The molecule has 1 aliphatic carbocycles. The lowest BCUT2D eigenvalue weighted by atomic mass is 9.88. The van der Waals surface area contributed by atoms with Crippen LogP contribution in [0.5, 0.6) is 0 Å². The molecule has 0 atom stereocenters. The van der Waals surface area contributed by atoms with E-state index in [9.17, 15) is 0 Å². The van der Waals surface area contributed by atoms with Crippen LogP contribution in [-0.4, -0.2) is 174 Å². The smallest absolute Gasteiger partial charge is 0.215 e. The fraction of sp³-hybridized carbons (Fsp3) is 0.990. The van der Waals surface area contributed by atoms with Crippen LogP contribution in [0.3, 0.4) is 0 Å². The van der Waals surface area contributed by atoms with Crippen molar-refractivity contribution in [1.29, 1.82) is 0 Å². The van der Waals surface area contributed by atoms with Crippen molar-refractivity contribution in [2.45, 2.75) is 487 Å². The van der Waals surface area contributed by atoms with Gasteiger partial charge < -0.3 is 19.6 Å². The lowest BCUT2D eigenvalue weighted by Gasteiger charge is -2.42. The number of aliphatic hydroxyl groups is 1. The minimum Gasteiger partial charge on any atom is -0.395 e. The van der Waals surface area contributed by atoms with Crippen molar-refractivity contribution >= 4 is 0 Å². The quantitative estimate of drug-likeness (QED) is 0.163. The Kier molecular flexibility index (Phi) is 73.5. The lowest BCUT2D eigenvalue weighted by Crippen LogP contribution is -2.49. The molecule has 0 bridgehead atoms. The molecule has 1 N–H and O–H groups in total. The number of likely N-dealkylation sites (N-methyl/N-ethyl adjacent to an activating group) is 1. The van der Waals surface area contributed by atoms with Crippen molar-refractivity contribution in [2.24, 2.45) is 49.7 Å². The van der Waals surface area contributed by atoms with Gasteiger partial charge in [-0.05, 0) is 293 Å². The minimum atomic E-state index is 0.183. The van der Waals surface area contributed by atoms with E-state index in [-0.39, 0.29) is 12.1 Å². The van der Waals surface area contributed by atoms with Crippen molar-refractivity contribution in [3.05, 3.63) is 11.4 Å². The first-order valence-electron chi connectivity index (χ1n) is 45.0. The number of likely N-dealkylation sites (tertiary alicyclic amines) is 2. The van der Waals surface area contributed by atoms with Gasteiger partial charge in [0.15, 0.2) is 0 Å². The van der Waals surface area contributed by atoms with Crippen molar-refractivity contribution in [1.82, 2.24) is 29.4 Å². The Bertz CT molecular complexity index is 1870. The lowest BCUT2D eigenvalue weighted by molar-refractivity contribution is -0.00389. The van der Waals surface area contributed by atoms with Gasteiger partial charge in [0.1, 0.15) is 0 Å². The molecular formula is C99H219N7O2. The van der Waals surface area contributed by atoms with Crippen LogP contribution in [0.1, 0.15) is 454 Å². The zero-order valence-electron chi connectivity index (χ0n) is 85.5. The Labute approximate surface area is 690 Å². The van der Waals surface area contributed by atoms with Gasteiger partial charge in [-0.3, -0.25) is 24.5 Å². The summed E-state index contributed by atoms with van der Waals surface area (Å²) < 4.78 is 5.25. The highest BCUT2D eigenvalue weighted by atomic mass is 16.5. The van der Waals surface area contributed by atoms with Crippen LogP contribution in [0, 0.1) is 56.3 Å². The molecule has 4 aliphatic rings. The third-order valence-electron chi connectivity index (χ3n) is 19.3. The van der Waals surface area contributed by atoms with Crippen LogP contribution in [0.2, 0.25) is 0 Å². The highest BCUT2D eigenvalue weighted by Crippen LogP contribution is 2.39. The molecule has 0 spiro atoms. The standard InChI is InChI=1S/C9H20.C8H17NO.C8H17N.C8H19N.C8H16.3C8H18.C7H17NO.C7H15N.C7H13N.C7H16.C6H15N/c1-8(2)6-7-9(3,4)5;1-8(2,3)9-4-6-10-7-5-9;1-8(2,3)9-6-4-5-7-9;1-6-9(7-2)8(3,4)5;1-8(2,3)6-7-4-5-7;3*1-5-6-7-8(2,3)4;1-7(2,3)8(4)5-6-9;1-7(2,3)8-5-4-6-8;1-7(2,3)5-6-8-4;1-5-6-7(2,3)4;1-6(2,3)7(4)5/h8H,6-7H2,1-5H3;4-7H2,1-3H3;4-7H2,1-3H3;6-7H2,1-5H3;7H,4-6H2,1-3H3;3*5-7H2,1-4H3;9H,5-6H2,1-4H3;4-6H2,1-3H3;5-6H2,1-3H3;5-6H2,1-4H3;1-5H3. The summed E-state index contributed by atoms with van der Waals surface area (Å²) in [6, 6.07) is 0. The second-order valence-corrected chi connectivity index (χ2v) is 47.1. The maximum atomic E-state index is 8.56. The minimum absolute atomic E-state index is 0.183. The molecule has 9 heteroatoms. The molecule has 0 radical (unpaired) electrons. The first-order chi connectivity index (χ1) is 48.1. The first-order valence-corrected chi connectivity index (χ1v) is 45.0. The molecule has 0 amide bonds. The van der Waals surface area contributed by atoms with Gasteiger partial charge in [-0.15, -0.1) is 0 Å². The molecule has 662 valence electrons. The van der Waals surface area contributed by atoms with E-state index in [0.29, 0.717) is 72.1 Å². The van der Waals surface area contributed by atoms with Crippen molar-refractivity contribution in [3.8, 4) is 0 Å².